The molecule has 7 nitrogen and oxygen atoms in total. The normalized spacial score (nSPS) is 13.7. The largest absolute Gasteiger partial charge is 0.490 e. The summed E-state index contributed by atoms with van der Waals surface area (Å²) in [5.74, 6) is 1.27. The predicted molar refractivity (Wildman–Crippen MR) is 153 cm³/mol. The molecule has 0 bridgehead atoms. The lowest BCUT2D eigenvalue weighted by Gasteiger charge is -2.36. The highest BCUT2D eigenvalue weighted by Gasteiger charge is 2.20. The maximum absolute atomic E-state index is 13.1. The summed E-state index contributed by atoms with van der Waals surface area (Å²) >= 11 is 6.34. The van der Waals surface area contributed by atoms with Crippen molar-refractivity contribution in [3.63, 3.8) is 0 Å². The Morgan fingerprint density at radius 1 is 0.842 bits per heavy atom. The van der Waals surface area contributed by atoms with Crippen LogP contribution in [0.2, 0.25) is 5.02 Å². The van der Waals surface area contributed by atoms with Crippen LogP contribution in [-0.2, 0) is 6.54 Å². The highest BCUT2D eigenvalue weighted by molar-refractivity contribution is 6.31. The quantitative estimate of drug-likeness (QED) is 0.318. The zero-order valence-corrected chi connectivity index (χ0v) is 23.1. The van der Waals surface area contributed by atoms with E-state index in [4.69, 9.17) is 25.8 Å². The highest BCUT2D eigenvalue weighted by atomic mass is 35.5. The molecule has 1 amide bonds. The number of nitrogens with one attached hydrogen (secondary N) is 1. The SMILES string of the molecule is CCOc1cc(C(=O)Nc2ccc(N3CCN(Cc4ccccc4Cl)CC3)cc2)cc(OCC)c1OCC. The molecule has 3 aromatic carbocycles. The summed E-state index contributed by atoms with van der Waals surface area (Å²) in [6.45, 7) is 11.7. The number of carbonyl (C=O) groups excluding carboxylic acids is 1. The highest BCUT2D eigenvalue weighted by Crippen LogP contribution is 2.39. The molecule has 0 unspecified atom stereocenters. The monoisotopic (exact) mass is 537 g/mol. The van der Waals surface area contributed by atoms with Gasteiger partial charge in [0.1, 0.15) is 0 Å². The van der Waals surface area contributed by atoms with Crippen LogP contribution >= 0.6 is 11.6 Å². The van der Waals surface area contributed by atoms with Gasteiger partial charge in [0, 0.05) is 54.7 Å². The van der Waals surface area contributed by atoms with E-state index in [-0.39, 0.29) is 5.91 Å². The molecule has 0 spiro atoms. The van der Waals surface area contributed by atoms with Gasteiger partial charge in [-0.05, 0) is 68.8 Å². The topological polar surface area (TPSA) is 63.3 Å². The van der Waals surface area contributed by atoms with Crippen molar-refractivity contribution in [1.29, 1.82) is 0 Å². The molecule has 0 radical (unpaired) electrons. The minimum Gasteiger partial charge on any atom is -0.490 e. The number of hydrogen-bond acceptors (Lipinski definition) is 6. The zero-order chi connectivity index (χ0) is 26.9. The Hall–Kier alpha value is -3.42. The van der Waals surface area contributed by atoms with Crippen LogP contribution in [0, 0.1) is 0 Å². The summed E-state index contributed by atoms with van der Waals surface area (Å²) in [6, 6.07) is 19.4. The van der Waals surface area contributed by atoms with Crippen molar-refractivity contribution < 1.29 is 19.0 Å². The Kier molecular flexibility index (Phi) is 9.73. The summed E-state index contributed by atoms with van der Waals surface area (Å²) in [4.78, 5) is 17.9. The lowest BCUT2D eigenvalue weighted by molar-refractivity contribution is 0.102. The number of benzene rings is 3. The molecule has 4 rings (SSSR count). The second-order valence-corrected chi connectivity index (χ2v) is 9.36. The molecule has 202 valence electrons. The van der Waals surface area contributed by atoms with E-state index < -0.39 is 0 Å². The molecule has 0 aromatic heterocycles. The number of anilines is 2. The third kappa shape index (κ3) is 6.91. The standard InChI is InChI=1S/C30H36ClN3O4/c1-4-36-27-19-23(20-28(37-5-2)29(27)38-6-3)30(35)32-24-11-13-25(14-12-24)34-17-15-33(16-18-34)21-22-9-7-8-10-26(22)31/h7-14,19-20H,4-6,15-18,21H2,1-3H3,(H,32,35). The minimum atomic E-state index is -0.240. The number of nitrogens with zero attached hydrogens (tertiary/aromatic N) is 2. The maximum atomic E-state index is 13.1. The molecule has 0 atom stereocenters. The van der Waals surface area contributed by atoms with Crippen molar-refractivity contribution in [2.45, 2.75) is 27.3 Å². The Bertz CT molecular complexity index is 1180. The number of piperazine rings is 1. The number of ether oxygens (including phenoxy) is 3. The number of rotatable bonds is 11. The lowest BCUT2D eigenvalue weighted by atomic mass is 10.1. The smallest absolute Gasteiger partial charge is 0.255 e. The van der Waals surface area contributed by atoms with E-state index in [2.05, 4.69) is 33.3 Å². The van der Waals surface area contributed by atoms with Gasteiger partial charge in [-0.3, -0.25) is 9.69 Å². The van der Waals surface area contributed by atoms with Crippen LogP contribution in [0.5, 0.6) is 17.2 Å². The number of amides is 1. The van der Waals surface area contributed by atoms with Gasteiger partial charge in [0.2, 0.25) is 5.75 Å². The van der Waals surface area contributed by atoms with Gasteiger partial charge in [0.05, 0.1) is 19.8 Å². The Labute approximate surface area is 230 Å². The van der Waals surface area contributed by atoms with E-state index in [0.717, 1.165) is 54.7 Å². The first kappa shape index (κ1) is 27.6. The molecule has 1 heterocycles. The molecule has 1 saturated heterocycles. The van der Waals surface area contributed by atoms with Crippen molar-refractivity contribution in [3.05, 3.63) is 76.8 Å². The summed E-state index contributed by atoms with van der Waals surface area (Å²) in [6.07, 6.45) is 0. The van der Waals surface area contributed by atoms with E-state index in [0.29, 0.717) is 42.6 Å². The summed E-state index contributed by atoms with van der Waals surface area (Å²) in [5.41, 5.74) is 3.47. The van der Waals surface area contributed by atoms with E-state index in [1.54, 1.807) is 12.1 Å². The molecule has 3 aromatic rings. The van der Waals surface area contributed by atoms with Gasteiger partial charge >= 0.3 is 0 Å². The number of hydrogen-bond donors (Lipinski definition) is 1. The molecule has 0 aliphatic carbocycles. The van der Waals surface area contributed by atoms with Crippen molar-refractivity contribution in [2.75, 3.05) is 56.2 Å². The van der Waals surface area contributed by atoms with Gasteiger partial charge in [-0.15, -0.1) is 0 Å². The first-order valence-electron chi connectivity index (χ1n) is 13.2. The van der Waals surface area contributed by atoms with Crippen molar-refractivity contribution in [1.82, 2.24) is 4.90 Å². The molecule has 1 N–H and O–H groups in total. The van der Waals surface area contributed by atoms with Crippen LogP contribution in [0.15, 0.2) is 60.7 Å². The summed E-state index contributed by atoms with van der Waals surface area (Å²) in [7, 11) is 0. The molecule has 1 aliphatic rings. The van der Waals surface area contributed by atoms with Crippen LogP contribution in [0.25, 0.3) is 0 Å². The van der Waals surface area contributed by atoms with E-state index in [9.17, 15) is 4.79 Å². The molecule has 8 heteroatoms. The fourth-order valence-electron chi connectivity index (χ4n) is 4.51. The third-order valence-electron chi connectivity index (χ3n) is 6.39. The van der Waals surface area contributed by atoms with Crippen LogP contribution in [0.4, 0.5) is 11.4 Å². The van der Waals surface area contributed by atoms with Gasteiger partial charge in [-0.1, -0.05) is 29.8 Å². The molecule has 38 heavy (non-hydrogen) atoms. The average Bonchev–Trinajstić information content (AvgIpc) is 2.93. The van der Waals surface area contributed by atoms with Crippen molar-refractivity contribution in [2.24, 2.45) is 0 Å². The summed E-state index contributed by atoms with van der Waals surface area (Å²) < 4.78 is 17.2. The van der Waals surface area contributed by atoms with Crippen molar-refractivity contribution in [3.8, 4) is 17.2 Å². The fourth-order valence-corrected chi connectivity index (χ4v) is 4.71. The third-order valence-corrected chi connectivity index (χ3v) is 6.75. The Morgan fingerprint density at radius 3 is 2.03 bits per heavy atom. The maximum Gasteiger partial charge on any atom is 0.255 e. The Balaban J connectivity index is 1.38. The van der Waals surface area contributed by atoms with E-state index >= 15 is 0 Å². The van der Waals surface area contributed by atoms with Crippen LogP contribution < -0.4 is 24.4 Å². The number of carbonyl (C=O) groups is 1. The molecule has 1 aliphatic heterocycles. The summed E-state index contributed by atoms with van der Waals surface area (Å²) in [5, 5.41) is 3.81. The van der Waals surface area contributed by atoms with Gasteiger partial charge in [-0.2, -0.15) is 0 Å². The lowest BCUT2D eigenvalue weighted by Crippen LogP contribution is -2.46. The molecule has 1 fully saturated rings. The minimum absolute atomic E-state index is 0.240. The van der Waals surface area contributed by atoms with Crippen LogP contribution in [-0.4, -0.2) is 56.8 Å². The second-order valence-electron chi connectivity index (χ2n) is 8.96. The second kappa shape index (κ2) is 13.4. The molecular formula is C30H36ClN3O4. The average molecular weight is 538 g/mol. The molecule has 0 saturated carbocycles. The van der Waals surface area contributed by atoms with E-state index in [1.165, 1.54) is 0 Å². The van der Waals surface area contributed by atoms with Gasteiger partial charge in [0.15, 0.2) is 11.5 Å². The van der Waals surface area contributed by atoms with Gasteiger partial charge < -0.3 is 24.4 Å². The first-order valence-corrected chi connectivity index (χ1v) is 13.6. The molecular weight excluding hydrogens is 502 g/mol. The van der Waals surface area contributed by atoms with Crippen molar-refractivity contribution >= 4 is 28.9 Å². The zero-order valence-electron chi connectivity index (χ0n) is 22.3. The van der Waals surface area contributed by atoms with Gasteiger partial charge in [0.25, 0.3) is 5.91 Å². The number of halogens is 1. The van der Waals surface area contributed by atoms with Crippen LogP contribution in [0.1, 0.15) is 36.7 Å². The van der Waals surface area contributed by atoms with E-state index in [1.807, 2.05) is 51.1 Å². The first-order chi connectivity index (χ1) is 18.5. The van der Waals surface area contributed by atoms with Gasteiger partial charge in [-0.25, -0.2) is 0 Å². The fraction of sp³-hybridized carbons (Fsp3) is 0.367. The Morgan fingerprint density at radius 2 is 1.45 bits per heavy atom. The predicted octanol–water partition coefficient (Wildman–Crippen LogP) is 6.11. The van der Waals surface area contributed by atoms with Crippen LogP contribution in [0.3, 0.4) is 0 Å².